The zero-order valence-corrected chi connectivity index (χ0v) is 17.1. The monoisotopic (exact) mass is 381 g/mol. The Morgan fingerprint density at radius 2 is 1.73 bits per heavy atom. The number of piperidine rings is 1. The second kappa shape index (κ2) is 8.86. The minimum absolute atomic E-state index is 0.0215. The first-order valence-corrected chi connectivity index (χ1v) is 11.1. The molecule has 1 amide bonds. The summed E-state index contributed by atoms with van der Waals surface area (Å²) in [6, 6.07) is 7.73. The first kappa shape index (κ1) is 20.7. The van der Waals surface area contributed by atoms with Gasteiger partial charge in [-0.3, -0.25) is 4.79 Å². The standard InChI is InChI=1S/C19H31N3O3S/c1-5-6-13-20(2)17-9-7-16(8-10-17)19(23)22-14-11-18(12-15-22)21(3)26(4,24)25/h7-10,18H,5-6,11-15H2,1-4H3. The zero-order chi connectivity index (χ0) is 19.3. The Bertz CT molecular complexity index is 695. The van der Waals surface area contributed by atoms with Gasteiger partial charge >= 0.3 is 0 Å². The van der Waals surface area contributed by atoms with E-state index in [1.807, 2.05) is 29.2 Å². The molecule has 0 aliphatic carbocycles. The number of hydrogen-bond acceptors (Lipinski definition) is 4. The third kappa shape index (κ3) is 5.20. The molecule has 1 heterocycles. The molecule has 0 N–H and O–H groups in total. The van der Waals surface area contributed by atoms with Crippen LogP contribution in [0.1, 0.15) is 43.0 Å². The third-order valence-electron chi connectivity index (χ3n) is 5.19. The van der Waals surface area contributed by atoms with Gasteiger partial charge in [0, 0.05) is 51.0 Å². The van der Waals surface area contributed by atoms with Crippen molar-refractivity contribution in [1.29, 1.82) is 0 Å². The molecule has 0 radical (unpaired) electrons. The number of benzene rings is 1. The van der Waals surface area contributed by atoms with E-state index in [1.165, 1.54) is 10.6 Å². The summed E-state index contributed by atoms with van der Waals surface area (Å²) in [6.07, 6.45) is 4.88. The molecule has 0 saturated carbocycles. The molecule has 1 aromatic carbocycles. The Kier molecular flexibility index (Phi) is 7.06. The summed E-state index contributed by atoms with van der Waals surface area (Å²) in [7, 11) is 0.494. The lowest BCUT2D eigenvalue weighted by Gasteiger charge is -2.35. The fourth-order valence-electron chi connectivity index (χ4n) is 3.27. The van der Waals surface area contributed by atoms with Gasteiger partial charge in [0.1, 0.15) is 0 Å². The van der Waals surface area contributed by atoms with Crippen molar-refractivity contribution >= 4 is 21.6 Å². The van der Waals surface area contributed by atoms with E-state index in [2.05, 4.69) is 18.9 Å². The molecule has 1 aliphatic heterocycles. The molecule has 1 aromatic rings. The average molecular weight is 382 g/mol. The van der Waals surface area contributed by atoms with Gasteiger partial charge in [0.15, 0.2) is 0 Å². The van der Waals surface area contributed by atoms with Gasteiger partial charge in [0.2, 0.25) is 10.0 Å². The molecule has 0 spiro atoms. The number of rotatable bonds is 7. The minimum Gasteiger partial charge on any atom is -0.375 e. The number of unbranched alkanes of at least 4 members (excludes halogenated alkanes) is 1. The predicted molar refractivity (Wildman–Crippen MR) is 106 cm³/mol. The Hall–Kier alpha value is -1.60. The minimum atomic E-state index is -3.19. The van der Waals surface area contributed by atoms with E-state index in [4.69, 9.17) is 0 Å². The molecule has 7 heteroatoms. The first-order chi connectivity index (χ1) is 12.2. The van der Waals surface area contributed by atoms with Crippen molar-refractivity contribution in [2.75, 3.05) is 44.9 Å². The summed E-state index contributed by atoms with van der Waals surface area (Å²) in [5.74, 6) is 0.0215. The van der Waals surface area contributed by atoms with Crippen LogP contribution in [0.3, 0.4) is 0 Å². The maximum Gasteiger partial charge on any atom is 0.253 e. The number of nitrogens with zero attached hydrogens (tertiary/aromatic N) is 3. The molecule has 0 bridgehead atoms. The highest BCUT2D eigenvalue weighted by molar-refractivity contribution is 7.88. The largest absolute Gasteiger partial charge is 0.375 e. The number of sulfonamides is 1. The molecule has 0 aromatic heterocycles. The van der Waals surface area contributed by atoms with Gasteiger partial charge in [0.25, 0.3) is 5.91 Å². The highest BCUT2D eigenvalue weighted by atomic mass is 32.2. The van der Waals surface area contributed by atoms with Crippen molar-refractivity contribution in [3.63, 3.8) is 0 Å². The molecule has 26 heavy (non-hydrogen) atoms. The van der Waals surface area contributed by atoms with Gasteiger partial charge in [-0.1, -0.05) is 13.3 Å². The van der Waals surface area contributed by atoms with Crippen LogP contribution < -0.4 is 4.90 Å². The lowest BCUT2D eigenvalue weighted by Crippen LogP contribution is -2.47. The normalized spacial score (nSPS) is 16.1. The van der Waals surface area contributed by atoms with Crippen molar-refractivity contribution in [2.24, 2.45) is 0 Å². The molecule has 0 unspecified atom stereocenters. The Morgan fingerprint density at radius 1 is 1.15 bits per heavy atom. The summed E-state index contributed by atoms with van der Waals surface area (Å²) in [6.45, 7) is 4.35. The van der Waals surface area contributed by atoms with Crippen molar-refractivity contribution in [3.8, 4) is 0 Å². The van der Waals surface area contributed by atoms with Crippen LogP contribution in [0.2, 0.25) is 0 Å². The maximum atomic E-state index is 12.7. The molecular weight excluding hydrogens is 350 g/mol. The van der Waals surface area contributed by atoms with Crippen LogP contribution in [-0.2, 0) is 10.0 Å². The van der Waals surface area contributed by atoms with Crippen molar-refractivity contribution < 1.29 is 13.2 Å². The lowest BCUT2D eigenvalue weighted by molar-refractivity contribution is 0.0686. The van der Waals surface area contributed by atoms with E-state index < -0.39 is 10.0 Å². The molecular formula is C19H31N3O3S. The molecule has 0 atom stereocenters. The van der Waals surface area contributed by atoms with E-state index in [0.717, 1.165) is 25.1 Å². The highest BCUT2D eigenvalue weighted by Crippen LogP contribution is 2.21. The summed E-state index contributed by atoms with van der Waals surface area (Å²) in [4.78, 5) is 16.7. The topological polar surface area (TPSA) is 60.9 Å². The second-order valence-corrected chi connectivity index (χ2v) is 9.17. The van der Waals surface area contributed by atoms with E-state index in [0.29, 0.717) is 31.5 Å². The predicted octanol–water partition coefficient (Wildman–Crippen LogP) is 2.42. The average Bonchev–Trinajstić information content (AvgIpc) is 2.64. The van der Waals surface area contributed by atoms with Crippen molar-refractivity contribution in [3.05, 3.63) is 29.8 Å². The van der Waals surface area contributed by atoms with Crippen LogP contribution >= 0.6 is 0 Å². The van der Waals surface area contributed by atoms with E-state index in [9.17, 15) is 13.2 Å². The molecule has 1 fully saturated rings. The highest BCUT2D eigenvalue weighted by Gasteiger charge is 2.29. The van der Waals surface area contributed by atoms with Gasteiger partial charge in [-0.2, -0.15) is 0 Å². The Labute approximate surface area is 157 Å². The molecule has 1 aliphatic rings. The fourth-order valence-corrected chi connectivity index (χ4v) is 4.02. The molecule has 6 nitrogen and oxygen atoms in total. The zero-order valence-electron chi connectivity index (χ0n) is 16.3. The molecule has 146 valence electrons. The van der Waals surface area contributed by atoms with Gasteiger partial charge < -0.3 is 9.80 Å². The summed E-state index contributed by atoms with van der Waals surface area (Å²) in [5.41, 5.74) is 1.80. The number of hydrogen-bond donors (Lipinski definition) is 0. The van der Waals surface area contributed by atoms with E-state index >= 15 is 0 Å². The van der Waals surface area contributed by atoms with Crippen LogP contribution in [0.15, 0.2) is 24.3 Å². The Morgan fingerprint density at radius 3 is 2.23 bits per heavy atom. The second-order valence-electron chi connectivity index (χ2n) is 7.12. The summed E-state index contributed by atoms with van der Waals surface area (Å²) < 4.78 is 24.7. The van der Waals surface area contributed by atoms with Crippen LogP contribution in [0, 0.1) is 0 Å². The molecule has 2 rings (SSSR count). The third-order valence-corrected chi connectivity index (χ3v) is 6.54. The summed E-state index contributed by atoms with van der Waals surface area (Å²) in [5, 5.41) is 0. The number of amides is 1. The fraction of sp³-hybridized carbons (Fsp3) is 0.632. The van der Waals surface area contributed by atoms with Gasteiger partial charge in [-0.25, -0.2) is 12.7 Å². The van der Waals surface area contributed by atoms with Crippen LogP contribution in [0.25, 0.3) is 0 Å². The van der Waals surface area contributed by atoms with Crippen molar-refractivity contribution in [1.82, 2.24) is 9.21 Å². The van der Waals surface area contributed by atoms with Gasteiger partial charge in [-0.05, 0) is 43.5 Å². The number of carbonyl (C=O) groups excluding carboxylic acids is 1. The first-order valence-electron chi connectivity index (χ1n) is 9.27. The quantitative estimate of drug-likeness (QED) is 0.728. The SMILES string of the molecule is CCCCN(C)c1ccc(C(=O)N2CCC(N(C)S(C)(=O)=O)CC2)cc1. The smallest absolute Gasteiger partial charge is 0.253 e. The lowest BCUT2D eigenvalue weighted by atomic mass is 10.0. The number of likely N-dealkylation sites (tertiary alicyclic amines) is 1. The number of anilines is 1. The Balaban J connectivity index is 1.94. The molecule has 1 saturated heterocycles. The van der Waals surface area contributed by atoms with Gasteiger partial charge in [0.05, 0.1) is 6.26 Å². The van der Waals surface area contributed by atoms with Crippen LogP contribution in [0.5, 0.6) is 0 Å². The number of carbonyl (C=O) groups is 1. The van der Waals surface area contributed by atoms with Crippen LogP contribution in [0.4, 0.5) is 5.69 Å². The van der Waals surface area contributed by atoms with E-state index in [-0.39, 0.29) is 11.9 Å². The van der Waals surface area contributed by atoms with Crippen LogP contribution in [-0.4, -0.2) is 69.6 Å². The van der Waals surface area contributed by atoms with Gasteiger partial charge in [-0.15, -0.1) is 0 Å². The summed E-state index contributed by atoms with van der Waals surface area (Å²) >= 11 is 0. The van der Waals surface area contributed by atoms with E-state index in [1.54, 1.807) is 7.05 Å². The van der Waals surface area contributed by atoms with Crippen molar-refractivity contribution in [2.45, 2.75) is 38.6 Å². The maximum absolute atomic E-state index is 12.7.